The SMILES string of the molecule is CC(C)(C)OC(=O)N1CCC=C(c2cc[nH]c2)C1. The number of carbonyl (C=O) groups excluding carboxylic acids is 1. The molecule has 0 atom stereocenters. The quantitative estimate of drug-likeness (QED) is 0.830. The molecular weight excluding hydrogens is 228 g/mol. The van der Waals surface area contributed by atoms with Gasteiger partial charge in [0.15, 0.2) is 0 Å². The van der Waals surface area contributed by atoms with Crippen molar-refractivity contribution in [3.63, 3.8) is 0 Å². The van der Waals surface area contributed by atoms with E-state index in [1.54, 1.807) is 4.90 Å². The van der Waals surface area contributed by atoms with Crippen LogP contribution in [0, 0.1) is 0 Å². The molecule has 0 saturated heterocycles. The van der Waals surface area contributed by atoms with Gasteiger partial charge in [0, 0.05) is 25.5 Å². The number of aromatic amines is 1. The summed E-state index contributed by atoms with van der Waals surface area (Å²) < 4.78 is 5.39. The van der Waals surface area contributed by atoms with Gasteiger partial charge < -0.3 is 14.6 Å². The molecule has 4 heteroatoms. The van der Waals surface area contributed by atoms with Gasteiger partial charge in [0.05, 0.1) is 0 Å². The Morgan fingerprint density at radius 3 is 2.83 bits per heavy atom. The second kappa shape index (κ2) is 4.88. The molecule has 0 spiro atoms. The number of H-pyrrole nitrogens is 1. The highest BCUT2D eigenvalue weighted by Gasteiger charge is 2.24. The summed E-state index contributed by atoms with van der Waals surface area (Å²) in [5.41, 5.74) is 1.88. The molecule has 4 nitrogen and oxygen atoms in total. The van der Waals surface area contributed by atoms with E-state index in [0.29, 0.717) is 6.54 Å². The molecule has 0 aliphatic carbocycles. The lowest BCUT2D eigenvalue weighted by atomic mass is 10.0. The van der Waals surface area contributed by atoms with Crippen LogP contribution in [0.2, 0.25) is 0 Å². The van der Waals surface area contributed by atoms with Crippen LogP contribution in [0.1, 0.15) is 32.8 Å². The van der Waals surface area contributed by atoms with E-state index in [4.69, 9.17) is 4.74 Å². The van der Waals surface area contributed by atoms with E-state index in [1.807, 2.05) is 39.2 Å². The third-order valence-corrected chi connectivity index (χ3v) is 2.77. The van der Waals surface area contributed by atoms with Gasteiger partial charge in [0.2, 0.25) is 0 Å². The minimum atomic E-state index is -0.438. The second-order valence-corrected chi connectivity index (χ2v) is 5.52. The van der Waals surface area contributed by atoms with Gasteiger partial charge in [0.25, 0.3) is 0 Å². The first-order valence-electron chi connectivity index (χ1n) is 6.26. The van der Waals surface area contributed by atoms with Gasteiger partial charge in [-0.2, -0.15) is 0 Å². The minimum Gasteiger partial charge on any atom is -0.444 e. The molecule has 1 aliphatic heterocycles. The summed E-state index contributed by atoms with van der Waals surface area (Å²) in [6.45, 7) is 7.00. The van der Waals surface area contributed by atoms with Gasteiger partial charge in [-0.05, 0) is 44.4 Å². The number of rotatable bonds is 1. The van der Waals surface area contributed by atoms with E-state index in [2.05, 4.69) is 11.1 Å². The van der Waals surface area contributed by atoms with Gasteiger partial charge in [-0.3, -0.25) is 0 Å². The topological polar surface area (TPSA) is 45.3 Å². The maximum Gasteiger partial charge on any atom is 0.410 e. The molecule has 1 aliphatic rings. The summed E-state index contributed by atoms with van der Waals surface area (Å²) in [6, 6.07) is 2.02. The van der Waals surface area contributed by atoms with Crippen LogP contribution >= 0.6 is 0 Å². The number of nitrogens with one attached hydrogen (secondary N) is 1. The van der Waals surface area contributed by atoms with Crippen molar-refractivity contribution in [1.29, 1.82) is 0 Å². The van der Waals surface area contributed by atoms with Crippen LogP contribution in [-0.4, -0.2) is 34.7 Å². The molecule has 1 N–H and O–H groups in total. The molecular formula is C14H20N2O2. The van der Waals surface area contributed by atoms with E-state index < -0.39 is 5.60 Å². The van der Waals surface area contributed by atoms with E-state index in [1.165, 1.54) is 5.57 Å². The third-order valence-electron chi connectivity index (χ3n) is 2.77. The van der Waals surface area contributed by atoms with E-state index in [0.717, 1.165) is 18.5 Å². The smallest absolute Gasteiger partial charge is 0.410 e. The van der Waals surface area contributed by atoms with Crippen LogP contribution in [0.25, 0.3) is 5.57 Å². The van der Waals surface area contributed by atoms with Crippen molar-refractivity contribution in [3.8, 4) is 0 Å². The van der Waals surface area contributed by atoms with E-state index in [9.17, 15) is 4.79 Å². The molecule has 2 rings (SSSR count). The van der Waals surface area contributed by atoms with Crippen molar-refractivity contribution in [1.82, 2.24) is 9.88 Å². The van der Waals surface area contributed by atoms with Gasteiger partial charge >= 0.3 is 6.09 Å². The van der Waals surface area contributed by atoms with Crippen molar-refractivity contribution in [2.24, 2.45) is 0 Å². The van der Waals surface area contributed by atoms with E-state index >= 15 is 0 Å². The summed E-state index contributed by atoms with van der Waals surface area (Å²) in [7, 11) is 0. The van der Waals surface area contributed by atoms with Gasteiger partial charge in [-0.15, -0.1) is 0 Å². The fourth-order valence-corrected chi connectivity index (χ4v) is 1.96. The van der Waals surface area contributed by atoms with Crippen molar-refractivity contribution in [2.75, 3.05) is 13.1 Å². The Labute approximate surface area is 108 Å². The van der Waals surface area contributed by atoms with Crippen molar-refractivity contribution >= 4 is 11.7 Å². The Balaban J connectivity index is 2.02. The molecule has 18 heavy (non-hydrogen) atoms. The zero-order chi connectivity index (χ0) is 13.2. The molecule has 2 heterocycles. The highest BCUT2D eigenvalue weighted by atomic mass is 16.6. The Hall–Kier alpha value is -1.71. The third kappa shape index (κ3) is 3.15. The molecule has 1 aromatic rings. The Kier molecular flexibility index (Phi) is 3.45. The summed E-state index contributed by atoms with van der Waals surface area (Å²) in [5.74, 6) is 0. The molecule has 0 unspecified atom stereocenters. The highest BCUT2D eigenvalue weighted by molar-refractivity contribution is 5.75. The van der Waals surface area contributed by atoms with Crippen molar-refractivity contribution < 1.29 is 9.53 Å². The number of ether oxygens (including phenoxy) is 1. The molecule has 1 aromatic heterocycles. The maximum absolute atomic E-state index is 12.0. The van der Waals surface area contributed by atoms with Crippen LogP contribution < -0.4 is 0 Å². The molecule has 0 saturated carbocycles. The van der Waals surface area contributed by atoms with Crippen LogP contribution in [0.15, 0.2) is 24.5 Å². The number of carbonyl (C=O) groups is 1. The van der Waals surface area contributed by atoms with Crippen LogP contribution in [0.5, 0.6) is 0 Å². The minimum absolute atomic E-state index is 0.233. The summed E-state index contributed by atoms with van der Waals surface area (Å²) in [4.78, 5) is 16.8. The number of hydrogen-bond acceptors (Lipinski definition) is 2. The largest absolute Gasteiger partial charge is 0.444 e. The zero-order valence-corrected chi connectivity index (χ0v) is 11.2. The predicted molar refractivity (Wildman–Crippen MR) is 71.2 cm³/mol. The highest BCUT2D eigenvalue weighted by Crippen LogP contribution is 2.21. The summed E-state index contributed by atoms with van der Waals surface area (Å²) >= 11 is 0. The maximum atomic E-state index is 12.0. The van der Waals surface area contributed by atoms with Crippen LogP contribution in [0.4, 0.5) is 4.79 Å². The second-order valence-electron chi connectivity index (χ2n) is 5.52. The molecule has 0 radical (unpaired) electrons. The standard InChI is InChI=1S/C14H20N2O2/c1-14(2,3)18-13(17)16-8-4-5-12(10-16)11-6-7-15-9-11/h5-7,9,15H,4,8,10H2,1-3H3. The number of hydrogen-bond donors (Lipinski definition) is 1. The fourth-order valence-electron chi connectivity index (χ4n) is 1.96. The van der Waals surface area contributed by atoms with Gasteiger partial charge in [-0.1, -0.05) is 6.08 Å². The Morgan fingerprint density at radius 1 is 1.44 bits per heavy atom. The van der Waals surface area contributed by atoms with Crippen LogP contribution in [0.3, 0.4) is 0 Å². The molecule has 1 amide bonds. The van der Waals surface area contributed by atoms with Gasteiger partial charge in [-0.25, -0.2) is 4.79 Å². The molecule has 0 fully saturated rings. The first-order valence-corrected chi connectivity index (χ1v) is 6.26. The lowest BCUT2D eigenvalue weighted by molar-refractivity contribution is 0.0273. The first-order chi connectivity index (χ1) is 8.46. The van der Waals surface area contributed by atoms with E-state index in [-0.39, 0.29) is 6.09 Å². The number of amides is 1. The fraction of sp³-hybridized carbons (Fsp3) is 0.500. The summed E-state index contributed by atoms with van der Waals surface area (Å²) in [6.07, 6.45) is 6.67. The molecule has 98 valence electrons. The number of aromatic nitrogens is 1. The average molecular weight is 248 g/mol. The summed E-state index contributed by atoms with van der Waals surface area (Å²) in [5, 5.41) is 0. The zero-order valence-electron chi connectivity index (χ0n) is 11.2. The Morgan fingerprint density at radius 2 is 2.22 bits per heavy atom. The normalized spacial score (nSPS) is 16.4. The first kappa shape index (κ1) is 12.7. The van der Waals surface area contributed by atoms with Crippen molar-refractivity contribution in [3.05, 3.63) is 30.1 Å². The monoisotopic (exact) mass is 248 g/mol. The molecule has 0 bridgehead atoms. The number of nitrogens with zero attached hydrogens (tertiary/aromatic N) is 1. The lowest BCUT2D eigenvalue weighted by Gasteiger charge is -2.30. The average Bonchev–Trinajstić information content (AvgIpc) is 2.80. The van der Waals surface area contributed by atoms with Crippen molar-refractivity contribution in [2.45, 2.75) is 32.8 Å². The predicted octanol–water partition coefficient (Wildman–Crippen LogP) is 3.04. The van der Waals surface area contributed by atoms with Crippen LogP contribution in [-0.2, 0) is 4.74 Å². The Bertz CT molecular complexity index is 441. The van der Waals surface area contributed by atoms with Gasteiger partial charge in [0.1, 0.15) is 5.60 Å². The molecule has 0 aromatic carbocycles. The lowest BCUT2D eigenvalue weighted by Crippen LogP contribution is -2.39.